The molecule has 0 saturated heterocycles. The topological polar surface area (TPSA) is 97.6 Å². The molecule has 0 bridgehead atoms. The maximum atomic E-state index is 12.2. The lowest BCUT2D eigenvalue weighted by Crippen LogP contribution is -2.36. The van der Waals surface area contributed by atoms with Crippen LogP contribution < -0.4 is 4.31 Å². The third-order valence-corrected chi connectivity index (χ3v) is 4.18. The van der Waals surface area contributed by atoms with Gasteiger partial charge in [-0.25, -0.2) is 12.7 Å². The van der Waals surface area contributed by atoms with E-state index in [9.17, 15) is 23.3 Å². The zero-order valence-corrected chi connectivity index (χ0v) is 13.5. The minimum absolute atomic E-state index is 0.119. The summed E-state index contributed by atoms with van der Waals surface area (Å²) in [5.41, 5.74) is -0.0406. The highest BCUT2D eigenvalue weighted by Gasteiger charge is 2.25. The van der Waals surface area contributed by atoms with Gasteiger partial charge in [0, 0.05) is 18.6 Å². The van der Waals surface area contributed by atoms with Gasteiger partial charge in [0.05, 0.1) is 16.9 Å². The van der Waals surface area contributed by atoms with Crippen molar-refractivity contribution in [1.29, 1.82) is 0 Å². The minimum atomic E-state index is -3.78. The maximum Gasteiger partial charge on any atom is 0.269 e. The number of carbonyl (C=O) groups excluding carboxylic acids is 1. The lowest BCUT2D eigenvalue weighted by atomic mass is 10.1. The Kier molecular flexibility index (Phi) is 6.48. The van der Waals surface area contributed by atoms with Crippen molar-refractivity contribution in [2.24, 2.45) is 0 Å². The van der Waals surface area contributed by atoms with Crippen LogP contribution in [0.3, 0.4) is 0 Å². The summed E-state index contributed by atoms with van der Waals surface area (Å²) in [4.78, 5) is 22.2. The minimum Gasteiger partial charge on any atom is -0.273 e. The van der Waals surface area contributed by atoms with Crippen molar-refractivity contribution >= 4 is 27.3 Å². The summed E-state index contributed by atoms with van der Waals surface area (Å²) in [6.07, 6.45) is 4.56. The van der Waals surface area contributed by atoms with Gasteiger partial charge in [-0.15, -0.1) is 0 Å². The molecule has 1 amide bonds. The number of amides is 1. The van der Waals surface area contributed by atoms with Crippen LogP contribution in [-0.2, 0) is 14.8 Å². The standard InChI is InChI=1S/C14H20N2O5S/c1-3-4-5-6-7-14(17)15(22(2,20)21)12-8-10-13(11-9-12)16(18)19/h8-11H,3-7H2,1-2H3. The fourth-order valence-electron chi connectivity index (χ4n) is 2.03. The van der Waals surface area contributed by atoms with Gasteiger partial charge in [-0.1, -0.05) is 26.2 Å². The Morgan fingerprint density at radius 3 is 2.23 bits per heavy atom. The molecule has 0 aliphatic rings. The number of sulfonamides is 1. The van der Waals surface area contributed by atoms with E-state index in [2.05, 4.69) is 0 Å². The smallest absolute Gasteiger partial charge is 0.269 e. The Hall–Kier alpha value is -1.96. The predicted octanol–water partition coefficient (Wildman–Crippen LogP) is 2.86. The summed E-state index contributed by atoms with van der Waals surface area (Å²) in [5.74, 6) is -0.521. The highest BCUT2D eigenvalue weighted by atomic mass is 32.2. The number of benzene rings is 1. The van der Waals surface area contributed by atoms with Crippen molar-refractivity contribution in [3.63, 3.8) is 0 Å². The normalized spacial score (nSPS) is 11.2. The monoisotopic (exact) mass is 328 g/mol. The van der Waals surface area contributed by atoms with Crippen LogP contribution in [0.1, 0.15) is 39.0 Å². The van der Waals surface area contributed by atoms with Gasteiger partial charge in [0.25, 0.3) is 5.69 Å². The summed E-state index contributed by atoms with van der Waals surface area (Å²) in [5, 5.41) is 10.6. The molecule has 0 radical (unpaired) electrons. The van der Waals surface area contributed by atoms with E-state index < -0.39 is 20.9 Å². The Labute approximate surface area is 130 Å². The maximum absolute atomic E-state index is 12.2. The molecule has 0 aromatic heterocycles. The molecular formula is C14H20N2O5S. The van der Waals surface area contributed by atoms with Crippen LogP contribution in [0.5, 0.6) is 0 Å². The molecule has 0 fully saturated rings. The molecule has 0 atom stereocenters. The van der Waals surface area contributed by atoms with Crippen molar-refractivity contribution in [2.45, 2.75) is 39.0 Å². The molecule has 0 saturated carbocycles. The zero-order chi connectivity index (χ0) is 16.8. The summed E-state index contributed by atoms with van der Waals surface area (Å²) in [6.45, 7) is 2.04. The number of anilines is 1. The molecule has 0 aliphatic heterocycles. The number of nitrogens with zero attached hydrogens (tertiary/aromatic N) is 2. The van der Waals surface area contributed by atoms with Gasteiger partial charge in [0.15, 0.2) is 0 Å². The van der Waals surface area contributed by atoms with E-state index in [1.54, 1.807) is 0 Å². The van der Waals surface area contributed by atoms with Crippen LogP contribution in [0, 0.1) is 10.1 Å². The predicted molar refractivity (Wildman–Crippen MR) is 84.2 cm³/mol. The Morgan fingerprint density at radius 2 is 1.77 bits per heavy atom. The first kappa shape index (κ1) is 18.1. The van der Waals surface area contributed by atoms with Crippen LogP contribution in [0.2, 0.25) is 0 Å². The van der Waals surface area contributed by atoms with Gasteiger partial charge in [-0.2, -0.15) is 0 Å². The van der Waals surface area contributed by atoms with E-state index in [-0.39, 0.29) is 17.8 Å². The quantitative estimate of drug-likeness (QED) is 0.415. The van der Waals surface area contributed by atoms with Crippen LogP contribution in [0.4, 0.5) is 11.4 Å². The molecule has 0 unspecified atom stereocenters. The second kappa shape index (κ2) is 7.88. The molecule has 0 N–H and O–H groups in total. The largest absolute Gasteiger partial charge is 0.273 e. The summed E-state index contributed by atoms with van der Waals surface area (Å²) in [6, 6.07) is 4.89. The van der Waals surface area contributed by atoms with Gasteiger partial charge in [-0.3, -0.25) is 14.9 Å². The number of hydrogen-bond acceptors (Lipinski definition) is 5. The molecule has 0 heterocycles. The first-order chi connectivity index (χ1) is 10.3. The second-order valence-corrected chi connectivity index (χ2v) is 6.84. The third-order valence-electron chi connectivity index (χ3n) is 3.10. The summed E-state index contributed by atoms with van der Waals surface area (Å²) in [7, 11) is -3.78. The molecule has 0 spiro atoms. The van der Waals surface area contributed by atoms with Crippen molar-refractivity contribution in [3.05, 3.63) is 34.4 Å². The number of nitro benzene ring substituents is 1. The fraction of sp³-hybridized carbons (Fsp3) is 0.500. The average Bonchev–Trinajstić information content (AvgIpc) is 2.43. The molecule has 1 aromatic carbocycles. The average molecular weight is 328 g/mol. The highest BCUT2D eigenvalue weighted by Crippen LogP contribution is 2.23. The van der Waals surface area contributed by atoms with E-state index in [4.69, 9.17) is 0 Å². The lowest BCUT2D eigenvalue weighted by Gasteiger charge is -2.20. The Morgan fingerprint density at radius 1 is 1.18 bits per heavy atom. The summed E-state index contributed by atoms with van der Waals surface area (Å²) < 4.78 is 24.4. The number of hydrogen-bond donors (Lipinski definition) is 0. The van der Waals surface area contributed by atoms with E-state index in [0.717, 1.165) is 25.5 Å². The number of carbonyl (C=O) groups is 1. The molecule has 22 heavy (non-hydrogen) atoms. The van der Waals surface area contributed by atoms with E-state index >= 15 is 0 Å². The second-order valence-electron chi connectivity index (χ2n) is 5.01. The van der Waals surface area contributed by atoms with Crippen molar-refractivity contribution in [3.8, 4) is 0 Å². The van der Waals surface area contributed by atoms with Gasteiger partial charge in [-0.05, 0) is 18.6 Å². The number of rotatable bonds is 8. The van der Waals surface area contributed by atoms with Gasteiger partial charge < -0.3 is 0 Å². The van der Waals surface area contributed by atoms with Crippen molar-refractivity contribution < 1.29 is 18.1 Å². The zero-order valence-electron chi connectivity index (χ0n) is 12.7. The third kappa shape index (κ3) is 5.10. The Bertz CT molecular complexity index is 625. The van der Waals surface area contributed by atoms with Crippen LogP contribution in [-0.4, -0.2) is 25.5 Å². The fourth-order valence-corrected chi connectivity index (χ4v) is 3.00. The van der Waals surface area contributed by atoms with Crippen LogP contribution >= 0.6 is 0 Å². The van der Waals surface area contributed by atoms with Gasteiger partial charge in [0.1, 0.15) is 0 Å². The van der Waals surface area contributed by atoms with Gasteiger partial charge in [0.2, 0.25) is 15.9 Å². The van der Waals surface area contributed by atoms with Crippen LogP contribution in [0.25, 0.3) is 0 Å². The molecule has 8 heteroatoms. The van der Waals surface area contributed by atoms with E-state index in [1.807, 2.05) is 6.92 Å². The molecule has 122 valence electrons. The van der Waals surface area contributed by atoms with Crippen molar-refractivity contribution in [2.75, 3.05) is 10.6 Å². The van der Waals surface area contributed by atoms with E-state index in [0.29, 0.717) is 10.7 Å². The first-order valence-corrected chi connectivity index (χ1v) is 8.89. The Balaban J connectivity index is 2.94. The van der Waals surface area contributed by atoms with Gasteiger partial charge >= 0.3 is 0 Å². The highest BCUT2D eigenvalue weighted by molar-refractivity contribution is 7.92. The molecule has 1 rings (SSSR count). The van der Waals surface area contributed by atoms with Crippen LogP contribution in [0.15, 0.2) is 24.3 Å². The summed E-state index contributed by atoms with van der Waals surface area (Å²) >= 11 is 0. The first-order valence-electron chi connectivity index (χ1n) is 7.05. The molecule has 7 nitrogen and oxygen atoms in total. The number of unbranched alkanes of at least 4 members (excludes halogenated alkanes) is 3. The molecule has 0 aliphatic carbocycles. The number of non-ortho nitro benzene ring substituents is 1. The SMILES string of the molecule is CCCCCCC(=O)N(c1ccc([N+](=O)[O-])cc1)S(C)(=O)=O. The van der Waals surface area contributed by atoms with E-state index in [1.165, 1.54) is 24.3 Å². The van der Waals surface area contributed by atoms with Crippen molar-refractivity contribution in [1.82, 2.24) is 0 Å². The number of nitro groups is 1. The lowest BCUT2D eigenvalue weighted by molar-refractivity contribution is -0.384. The molecular weight excluding hydrogens is 308 g/mol. The molecule has 1 aromatic rings.